The Bertz CT molecular complexity index is 981. The van der Waals surface area contributed by atoms with Crippen molar-refractivity contribution in [2.24, 2.45) is 0 Å². The predicted octanol–water partition coefficient (Wildman–Crippen LogP) is 3.58. The molecule has 0 aliphatic heterocycles. The summed E-state index contributed by atoms with van der Waals surface area (Å²) >= 11 is 0. The first-order valence-corrected chi connectivity index (χ1v) is 8.86. The quantitative estimate of drug-likeness (QED) is 0.578. The van der Waals surface area contributed by atoms with Crippen molar-refractivity contribution >= 4 is 21.8 Å². The minimum absolute atomic E-state index is 0.479. The van der Waals surface area contributed by atoms with Gasteiger partial charge in [-0.25, -0.2) is 0 Å². The highest BCUT2D eigenvalue weighted by Gasteiger charge is 2.15. The monoisotopic (exact) mass is 349 g/mol. The van der Waals surface area contributed by atoms with Crippen LogP contribution < -0.4 is 0 Å². The zero-order valence-electron chi connectivity index (χ0n) is 15.1. The molecule has 1 atom stereocenters. The molecular weight excluding hydrogens is 326 g/mol. The van der Waals surface area contributed by atoms with E-state index in [1.807, 2.05) is 32.2 Å². The Morgan fingerprint density at radius 1 is 1.08 bits per heavy atom. The fourth-order valence-corrected chi connectivity index (χ4v) is 3.66. The second-order valence-corrected chi connectivity index (χ2v) is 6.92. The third kappa shape index (κ3) is 3.23. The van der Waals surface area contributed by atoms with Crippen molar-refractivity contribution in [3.63, 3.8) is 0 Å². The fraction of sp³-hybridized carbons (Fsp3) is 0.286. The number of benzene rings is 2. The summed E-state index contributed by atoms with van der Waals surface area (Å²) in [5, 5.41) is 17.2. The van der Waals surface area contributed by atoms with E-state index in [0.29, 0.717) is 19.6 Å². The van der Waals surface area contributed by atoms with E-state index in [-0.39, 0.29) is 0 Å². The Morgan fingerprint density at radius 2 is 1.69 bits per heavy atom. The maximum absolute atomic E-state index is 10.7. The number of hydrogen-bond donors (Lipinski definition) is 1. The minimum atomic E-state index is -0.479. The standard InChI is InChI=1S/C21H23N3O2/c1-15-11-16(22-26-15)12-23(2)13-17(25)14-24-20-9-5-3-7-18(20)19-8-4-6-10-21(19)24/h3-11,17,25H,12-14H2,1-2H3. The molecule has 5 nitrogen and oxygen atoms in total. The summed E-state index contributed by atoms with van der Waals surface area (Å²) < 4.78 is 7.32. The molecule has 0 radical (unpaired) electrons. The van der Waals surface area contributed by atoms with Gasteiger partial charge in [0.15, 0.2) is 0 Å². The molecule has 0 aliphatic rings. The van der Waals surface area contributed by atoms with Crippen LogP contribution in [0.15, 0.2) is 59.1 Å². The van der Waals surface area contributed by atoms with Crippen molar-refractivity contribution in [2.45, 2.75) is 26.1 Å². The topological polar surface area (TPSA) is 54.4 Å². The maximum Gasteiger partial charge on any atom is 0.133 e. The van der Waals surface area contributed by atoms with Gasteiger partial charge in [-0.1, -0.05) is 41.6 Å². The van der Waals surface area contributed by atoms with Gasteiger partial charge in [0.1, 0.15) is 5.76 Å². The fourth-order valence-electron chi connectivity index (χ4n) is 3.66. The highest BCUT2D eigenvalue weighted by atomic mass is 16.5. The Kier molecular flexibility index (Phi) is 4.49. The number of likely N-dealkylation sites (N-methyl/N-ethyl adjacent to an activating group) is 1. The normalized spacial score (nSPS) is 13.1. The van der Waals surface area contributed by atoms with Gasteiger partial charge in [0.2, 0.25) is 0 Å². The highest BCUT2D eigenvalue weighted by molar-refractivity contribution is 6.07. The zero-order chi connectivity index (χ0) is 18.1. The van der Waals surface area contributed by atoms with Crippen LogP contribution >= 0.6 is 0 Å². The summed E-state index contributed by atoms with van der Waals surface area (Å²) in [6.07, 6.45) is -0.479. The largest absolute Gasteiger partial charge is 0.390 e. The van der Waals surface area contributed by atoms with Crippen LogP contribution in [0.1, 0.15) is 11.5 Å². The molecule has 0 saturated heterocycles. The average Bonchev–Trinajstić information content (AvgIpc) is 3.17. The van der Waals surface area contributed by atoms with Crippen LogP contribution in [0.3, 0.4) is 0 Å². The van der Waals surface area contributed by atoms with E-state index in [1.165, 1.54) is 10.8 Å². The van der Waals surface area contributed by atoms with Crippen LogP contribution in [0.25, 0.3) is 21.8 Å². The molecule has 0 bridgehead atoms. The van der Waals surface area contributed by atoms with Crippen molar-refractivity contribution in [3.8, 4) is 0 Å². The number of rotatable bonds is 6. The van der Waals surface area contributed by atoms with E-state index < -0.39 is 6.10 Å². The van der Waals surface area contributed by atoms with E-state index in [0.717, 1.165) is 22.5 Å². The summed E-state index contributed by atoms with van der Waals surface area (Å²) in [6.45, 7) is 3.65. The van der Waals surface area contributed by atoms with Gasteiger partial charge in [-0.2, -0.15) is 0 Å². The lowest BCUT2D eigenvalue weighted by Gasteiger charge is -2.20. The summed E-state index contributed by atoms with van der Waals surface area (Å²) in [6, 6.07) is 18.6. The molecular formula is C21H23N3O2. The zero-order valence-corrected chi connectivity index (χ0v) is 15.1. The van der Waals surface area contributed by atoms with Gasteiger partial charge in [-0.3, -0.25) is 4.90 Å². The summed E-state index contributed by atoms with van der Waals surface area (Å²) in [5.74, 6) is 0.805. The number of aliphatic hydroxyl groups is 1. The number of para-hydroxylation sites is 2. The van der Waals surface area contributed by atoms with Crippen molar-refractivity contribution in [3.05, 3.63) is 66.1 Å². The van der Waals surface area contributed by atoms with Crippen LogP contribution in [0, 0.1) is 6.92 Å². The van der Waals surface area contributed by atoms with Gasteiger partial charge in [0.05, 0.1) is 18.3 Å². The van der Waals surface area contributed by atoms with Gasteiger partial charge in [0.25, 0.3) is 0 Å². The van der Waals surface area contributed by atoms with Crippen molar-refractivity contribution in [2.75, 3.05) is 13.6 Å². The molecule has 0 saturated carbocycles. The second kappa shape index (κ2) is 6.94. The lowest BCUT2D eigenvalue weighted by molar-refractivity contribution is 0.108. The molecule has 2 heterocycles. The van der Waals surface area contributed by atoms with Gasteiger partial charge in [0, 0.05) is 41.0 Å². The molecule has 134 valence electrons. The molecule has 4 aromatic rings. The third-order valence-corrected chi connectivity index (χ3v) is 4.70. The molecule has 2 aromatic carbocycles. The van der Waals surface area contributed by atoms with Crippen molar-refractivity contribution in [1.82, 2.24) is 14.6 Å². The molecule has 1 N–H and O–H groups in total. The number of nitrogens with zero attached hydrogens (tertiary/aromatic N) is 3. The van der Waals surface area contributed by atoms with Gasteiger partial charge >= 0.3 is 0 Å². The Morgan fingerprint density at radius 3 is 2.27 bits per heavy atom. The number of hydrogen-bond acceptors (Lipinski definition) is 4. The Balaban J connectivity index is 1.54. The first-order chi connectivity index (χ1) is 12.6. The van der Waals surface area contributed by atoms with E-state index in [4.69, 9.17) is 4.52 Å². The smallest absolute Gasteiger partial charge is 0.133 e. The van der Waals surface area contributed by atoms with E-state index in [2.05, 4.69) is 51.0 Å². The van der Waals surface area contributed by atoms with E-state index >= 15 is 0 Å². The summed E-state index contributed by atoms with van der Waals surface area (Å²) in [5.41, 5.74) is 3.19. The Hall–Kier alpha value is -2.63. The summed E-state index contributed by atoms with van der Waals surface area (Å²) in [4.78, 5) is 2.07. The van der Waals surface area contributed by atoms with E-state index in [9.17, 15) is 5.11 Å². The van der Waals surface area contributed by atoms with Crippen LogP contribution in [0.4, 0.5) is 0 Å². The van der Waals surface area contributed by atoms with Crippen LogP contribution in [0.5, 0.6) is 0 Å². The lowest BCUT2D eigenvalue weighted by atomic mass is 10.2. The predicted molar refractivity (Wildman–Crippen MR) is 103 cm³/mol. The number of aliphatic hydroxyl groups excluding tert-OH is 1. The molecule has 0 spiro atoms. The van der Waals surface area contributed by atoms with Crippen molar-refractivity contribution < 1.29 is 9.63 Å². The highest BCUT2D eigenvalue weighted by Crippen LogP contribution is 2.28. The van der Waals surface area contributed by atoms with Gasteiger partial charge in [-0.05, 0) is 26.1 Å². The van der Waals surface area contributed by atoms with Crippen LogP contribution in [-0.2, 0) is 13.1 Å². The molecule has 26 heavy (non-hydrogen) atoms. The summed E-state index contributed by atoms with van der Waals surface area (Å²) in [7, 11) is 1.99. The molecule has 0 amide bonds. The minimum Gasteiger partial charge on any atom is -0.390 e. The molecule has 5 heteroatoms. The molecule has 4 rings (SSSR count). The molecule has 1 unspecified atom stereocenters. The Labute approximate surface area is 152 Å². The van der Waals surface area contributed by atoms with Crippen LogP contribution in [-0.4, -0.2) is 39.4 Å². The maximum atomic E-state index is 10.7. The number of aromatic nitrogens is 2. The third-order valence-electron chi connectivity index (χ3n) is 4.70. The molecule has 0 aliphatic carbocycles. The first-order valence-electron chi connectivity index (χ1n) is 8.86. The average molecular weight is 349 g/mol. The SMILES string of the molecule is Cc1cc(CN(C)CC(O)Cn2c3ccccc3c3ccccc32)no1. The molecule has 0 fully saturated rings. The lowest BCUT2D eigenvalue weighted by Crippen LogP contribution is -2.31. The van der Waals surface area contributed by atoms with Crippen molar-refractivity contribution in [1.29, 1.82) is 0 Å². The van der Waals surface area contributed by atoms with Gasteiger partial charge < -0.3 is 14.2 Å². The van der Waals surface area contributed by atoms with E-state index in [1.54, 1.807) is 0 Å². The second-order valence-electron chi connectivity index (χ2n) is 6.92. The molecule has 2 aromatic heterocycles. The first kappa shape index (κ1) is 16.8. The van der Waals surface area contributed by atoms with Crippen LogP contribution in [0.2, 0.25) is 0 Å². The van der Waals surface area contributed by atoms with Gasteiger partial charge in [-0.15, -0.1) is 0 Å². The number of aryl methyl sites for hydroxylation is 1. The number of fused-ring (bicyclic) bond motifs is 3.